The first-order valence-electron chi connectivity index (χ1n) is 12.2. The number of nitrogens with zero attached hydrogens (tertiary/aromatic N) is 1. The molecule has 0 radical (unpaired) electrons. The van der Waals surface area contributed by atoms with Gasteiger partial charge >= 0.3 is 12.0 Å². The van der Waals surface area contributed by atoms with Crippen LogP contribution in [0.2, 0.25) is 0 Å². The maximum Gasteiger partial charge on any atom is 0.338 e. The monoisotopic (exact) mass is 477 g/mol. The van der Waals surface area contributed by atoms with Gasteiger partial charge in [-0.1, -0.05) is 44.0 Å². The van der Waals surface area contributed by atoms with Gasteiger partial charge in [-0.15, -0.1) is 0 Å². The first-order chi connectivity index (χ1) is 16.7. The predicted molar refractivity (Wildman–Crippen MR) is 137 cm³/mol. The van der Waals surface area contributed by atoms with E-state index in [0.717, 1.165) is 18.4 Å². The SMILES string of the molecule is CCCCCc1ccc(C(=O)Nc2ccc(C3NC(=O)N(C)C(C)=C3C(=O)OC(C)C)cc2)cc1. The molecule has 2 N–H and O–H groups in total. The molecule has 7 nitrogen and oxygen atoms in total. The summed E-state index contributed by atoms with van der Waals surface area (Å²) in [6.07, 6.45) is 4.27. The molecule has 186 valence electrons. The molecule has 0 aromatic heterocycles. The first-order valence-corrected chi connectivity index (χ1v) is 12.2. The summed E-state index contributed by atoms with van der Waals surface area (Å²) in [4.78, 5) is 39.3. The third-order valence-corrected chi connectivity index (χ3v) is 6.10. The molecule has 1 aliphatic rings. The Morgan fingerprint density at radius 1 is 1.06 bits per heavy atom. The second-order valence-corrected chi connectivity index (χ2v) is 9.12. The topological polar surface area (TPSA) is 87.7 Å². The second kappa shape index (κ2) is 11.7. The van der Waals surface area contributed by atoms with Crippen LogP contribution in [0.15, 0.2) is 59.8 Å². The largest absolute Gasteiger partial charge is 0.459 e. The normalized spacial score (nSPS) is 15.8. The molecular weight excluding hydrogens is 442 g/mol. The molecule has 2 aromatic carbocycles. The Kier molecular flexibility index (Phi) is 8.68. The molecule has 1 atom stereocenters. The Morgan fingerprint density at radius 2 is 1.71 bits per heavy atom. The third-order valence-electron chi connectivity index (χ3n) is 6.10. The van der Waals surface area contributed by atoms with Crippen molar-refractivity contribution in [3.8, 4) is 0 Å². The van der Waals surface area contributed by atoms with E-state index in [9.17, 15) is 14.4 Å². The summed E-state index contributed by atoms with van der Waals surface area (Å²) in [5, 5.41) is 5.77. The summed E-state index contributed by atoms with van der Waals surface area (Å²) >= 11 is 0. The highest BCUT2D eigenvalue weighted by Gasteiger charge is 2.35. The number of carbonyl (C=O) groups excluding carboxylic acids is 3. The molecule has 0 fully saturated rings. The lowest BCUT2D eigenvalue weighted by molar-refractivity contribution is -0.143. The zero-order valence-electron chi connectivity index (χ0n) is 21.2. The number of hydrogen-bond donors (Lipinski definition) is 2. The van der Waals surface area contributed by atoms with Gasteiger partial charge in [-0.3, -0.25) is 4.79 Å². The van der Waals surface area contributed by atoms with Crippen molar-refractivity contribution in [2.75, 3.05) is 12.4 Å². The van der Waals surface area contributed by atoms with Gasteiger partial charge < -0.3 is 20.3 Å². The molecule has 0 aliphatic carbocycles. The zero-order chi connectivity index (χ0) is 25.5. The van der Waals surface area contributed by atoms with Crippen LogP contribution in [0, 0.1) is 0 Å². The molecule has 2 aromatic rings. The predicted octanol–water partition coefficient (Wildman–Crippen LogP) is 5.59. The maximum absolute atomic E-state index is 12.8. The number of benzene rings is 2. The van der Waals surface area contributed by atoms with Crippen molar-refractivity contribution in [1.29, 1.82) is 0 Å². The quantitative estimate of drug-likeness (QED) is 0.364. The van der Waals surface area contributed by atoms with Crippen LogP contribution in [0.4, 0.5) is 10.5 Å². The number of hydrogen-bond acceptors (Lipinski definition) is 4. The molecule has 35 heavy (non-hydrogen) atoms. The minimum absolute atomic E-state index is 0.192. The van der Waals surface area contributed by atoms with Crippen LogP contribution in [0.25, 0.3) is 0 Å². The lowest BCUT2D eigenvalue weighted by Gasteiger charge is -2.33. The van der Waals surface area contributed by atoms with Gasteiger partial charge in [0.1, 0.15) is 0 Å². The number of urea groups is 1. The van der Waals surface area contributed by atoms with E-state index in [1.54, 1.807) is 52.1 Å². The van der Waals surface area contributed by atoms with Gasteiger partial charge in [0.05, 0.1) is 17.7 Å². The van der Waals surface area contributed by atoms with Crippen molar-refractivity contribution < 1.29 is 19.1 Å². The molecule has 0 saturated carbocycles. The molecule has 0 bridgehead atoms. The van der Waals surface area contributed by atoms with E-state index >= 15 is 0 Å². The molecule has 3 amide bonds. The number of anilines is 1. The van der Waals surface area contributed by atoms with Gasteiger partial charge in [0.25, 0.3) is 5.91 Å². The summed E-state index contributed by atoms with van der Waals surface area (Å²) in [5.41, 5.74) is 4.09. The summed E-state index contributed by atoms with van der Waals surface area (Å²) < 4.78 is 5.42. The van der Waals surface area contributed by atoms with E-state index in [-0.39, 0.29) is 18.0 Å². The van der Waals surface area contributed by atoms with Crippen LogP contribution in [0.1, 0.15) is 74.5 Å². The van der Waals surface area contributed by atoms with Crippen LogP contribution >= 0.6 is 0 Å². The average Bonchev–Trinajstić information content (AvgIpc) is 2.83. The molecule has 1 unspecified atom stereocenters. The second-order valence-electron chi connectivity index (χ2n) is 9.12. The number of rotatable bonds is 9. The van der Waals surface area contributed by atoms with Crippen LogP contribution in [0.5, 0.6) is 0 Å². The van der Waals surface area contributed by atoms with Gasteiger partial charge in [-0.05, 0) is 69.0 Å². The lowest BCUT2D eigenvalue weighted by atomic mass is 9.95. The number of allylic oxidation sites excluding steroid dienone is 1. The molecule has 0 saturated heterocycles. The number of aryl methyl sites for hydroxylation is 1. The van der Waals surface area contributed by atoms with E-state index in [1.807, 2.05) is 24.3 Å². The number of ether oxygens (including phenoxy) is 1. The third kappa shape index (κ3) is 6.50. The fourth-order valence-electron chi connectivity index (χ4n) is 3.99. The Morgan fingerprint density at radius 3 is 2.31 bits per heavy atom. The molecule has 7 heteroatoms. The average molecular weight is 478 g/mol. The summed E-state index contributed by atoms with van der Waals surface area (Å²) in [6, 6.07) is 13.9. The van der Waals surface area contributed by atoms with Crippen molar-refractivity contribution in [2.45, 2.75) is 65.5 Å². The first kappa shape index (κ1) is 26.0. The Labute approximate surface area is 207 Å². The number of nitrogens with one attached hydrogen (secondary N) is 2. The Hall–Kier alpha value is -3.61. The van der Waals surface area contributed by atoms with Crippen molar-refractivity contribution in [1.82, 2.24) is 10.2 Å². The summed E-state index contributed by atoms with van der Waals surface area (Å²) in [6.45, 7) is 7.48. The highest BCUT2D eigenvalue weighted by molar-refractivity contribution is 6.04. The van der Waals surface area contributed by atoms with Gasteiger partial charge in [0.15, 0.2) is 0 Å². The lowest BCUT2D eigenvalue weighted by Crippen LogP contribution is -2.46. The summed E-state index contributed by atoms with van der Waals surface area (Å²) in [5.74, 6) is -0.660. The van der Waals surface area contributed by atoms with Gasteiger partial charge in [-0.25, -0.2) is 9.59 Å². The fourth-order valence-corrected chi connectivity index (χ4v) is 3.99. The minimum atomic E-state index is -0.644. The van der Waals surface area contributed by atoms with Crippen LogP contribution in [0.3, 0.4) is 0 Å². The van der Waals surface area contributed by atoms with E-state index < -0.39 is 12.0 Å². The van der Waals surface area contributed by atoms with Crippen molar-refractivity contribution in [3.63, 3.8) is 0 Å². The maximum atomic E-state index is 12.8. The van der Waals surface area contributed by atoms with E-state index in [2.05, 4.69) is 17.6 Å². The number of carbonyl (C=O) groups is 3. The highest BCUT2D eigenvalue weighted by atomic mass is 16.5. The van der Waals surface area contributed by atoms with Crippen LogP contribution < -0.4 is 10.6 Å². The minimum Gasteiger partial charge on any atom is -0.459 e. The fraction of sp³-hybridized carbons (Fsp3) is 0.393. The van der Waals surface area contributed by atoms with Gasteiger partial charge in [-0.2, -0.15) is 0 Å². The van der Waals surface area contributed by atoms with Crippen LogP contribution in [-0.2, 0) is 16.0 Å². The smallest absolute Gasteiger partial charge is 0.338 e. The van der Waals surface area contributed by atoms with Crippen LogP contribution in [-0.4, -0.2) is 36.0 Å². The van der Waals surface area contributed by atoms with Gasteiger partial charge in [0.2, 0.25) is 0 Å². The Balaban J connectivity index is 1.73. The summed E-state index contributed by atoms with van der Waals surface area (Å²) in [7, 11) is 1.61. The van der Waals surface area contributed by atoms with E-state index in [1.165, 1.54) is 23.3 Å². The number of amides is 3. The van der Waals surface area contributed by atoms with Crippen molar-refractivity contribution >= 4 is 23.6 Å². The number of esters is 1. The van der Waals surface area contributed by atoms with E-state index in [4.69, 9.17) is 4.74 Å². The van der Waals surface area contributed by atoms with Crippen molar-refractivity contribution in [2.24, 2.45) is 0 Å². The molecular formula is C28H35N3O4. The standard InChI is InChI=1S/C28H35N3O4/c1-6-7-8-9-20-10-12-22(13-11-20)26(32)29-23-16-14-21(15-17-23)25-24(27(33)35-18(2)3)19(4)31(5)28(34)30-25/h10-18,25H,6-9H2,1-5H3,(H,29,32)(H,30,34). The molecule has 0 spiro atoms. The molecule has 1 aliphatic heterocycles. The van der Waals surface area contributed by atoms with Gasteiger partial charge in [0, 0.05) is 24.0 Å². The molecule has 3 rings (SSSR count). The van der Waals surface area contributed by atoms with Crippen molar-refractivity contribution in [3.05, 3.63) is 76.5 Å². The molecule has 1 heterocycles. The number of unbranched alkanes of at least 4 members (excludes halogenated alkanes) is 2. The zero-order valence-corrected chi connectivity index (χ0v) is 21.2. The Bertz CT molecular complexity index is 1090. The van der Waals surface area contributed by atoms with E-state index in [0.29, 0.717) is 22.5 Å². The highest BCUT2D eigenvalue weighted by Crippen LogP contribution is 2.31.